The lowest BCUT2D eigenvalue weighted by Gasteiger charge is -2.28. The maximum Gasteiger partial charge on any atom is 0.179 e. The Morgan fingerprint density at radius 2 is 1.83 bits per heavy atom. The van der Waals surface area contributed by atoms with E-state index < -0.39 is 0 Å². The molecule has 4 heteroatoms. The van der Waals surface area contributed by atoms with Crippen molar-refractivity contribution in [3.63, 3.8) is 0 Å². The van der Waals surface area contributed by atoms with Gasteiger partial charge >= 0.3 is 0 Å². The van der Waals surface area contributed by atoms with Gasteiger partial charge in [0.05, 0.1) is 14.5 Å². The third kappa shape index (κ3) is 4.87. The molecule has 0 aromatic rings. The first-order valence-corrected chi connectivity index (χ1v) is 6.87. The van der Waals surface area contributed by atoms with Crippen molar-refractivity contribution in [2.75, 3.05) is 26.7 Å². The molecule has 0 atom stereocenters. The minimum atomic E-state index is 0.486. The van der Waals surface area contributed by atoms with Crippen LogP contribution in [0.4, 0.5) is 0 Å². The summed E-state index contributed by atoms with van der Waals surface area (Å²) in [6, 6.07) is 0. The number of carbonyl (C=O) groups excluding carboxylic acids is 1. The third-order valence-electron chi connectivity index (χ3n) is 3.94. The highest BCUT2D eigenvalue weighted by molar-refractivity contribution is 6.05. The van der Waals surface area contributed by atoms with Crippen LogP contribution in [0.15, 0.2) is 5.76 Å². The van der Waals surface area contributed by atoms with Gasteiger partial charge in [0.2, 0.25) is 0 Å². The number of likely N-dealkylation sites (tertiary alicyclic amines) is 1. The lowest BCUT2D eigenvalue weighted by atomic mass is 9.94. The predicted molar refractivity (Wildman–Crippen MR) is 74.4 cm³/mol. The standard InChI is InChI=1S/C8H15N.C5H6O2.CH3B/c1-9-6-4-8(2-3-8)5-7-9;6-4-5-2-1-3-7-5;1-2/h2-7H2,1H3;1-3H2;1H3. The lowest BCUT2D eigenvalue weighted by Crippen LogP contribution is -2.30. The normalized spacial score (nSPS) is 24.0. The molecule has 3 fully saturated rings. The molecule has 2 saturated heterocycles. The van der Waals surface area contributed by atoms with Crippen LogP contribution in [-0.4, -0.2) is 45.4 Å². The second-order valence-corrected chi connectivity index (χ2v) is 5.28. The van der Waals surface area contributed by atoms with E-state index in [1.54, 1.807) is 5.94 Å². The second-order valence-electron chi connectivity index (χ2n) is 5.28. The van der Waals surface area contributed by atoms with E-state index in [4.69, 9.17) is 4.74 Å². The summed E-state index contributed by atoms with van der Waals surface area (Å²) in [6.45, 7) is 4.89. The fourth-order valence-electron chi connectivity index (χ4n) is 2.35. The molecular weight excluding hydrogens is 225 g/mol. The molecule has 1 spiro atoms. The highest BCUT2D eigenvalue weighted by Crippen LogP contribution is 2.53. The minimum Gasteiger partial charge on any atom is -0.487 e. The zero-order valence-corrected chi connectivity index (χ0v) is 11.7. The second kappa shape index (κ2) is 7.65. The summed E-state index contributed by atoms with van der Waals surface area (Å²) in [5.74, 6) is 2.19. The van der Waals surface area contributed by atoms with Gasteiger partial charge in [0.1, 0.15) is 0 Å². The number of piperidine rings is 1. The molecule has 0 bridgehead atoms. The van der Waals surface area contributed by atoms with Crippen molar-refractivity contribution in [1.82, 2.24) is 4.90 Å². The molecule has 0 aromatic carbocycles. The van der Waals surface area contributed by atoms with Gasteiger partial charge in [-0.1, -0.05) is 6.82 Å². The van der Waals surface area contributed by atoms with Gasteiger partial charge < -0.3 is 9.64 Å². The predicted octanol–water partition coefficient (Wildman–Crippen LogP) is 2.21. The Bertz CT molecular complexity index is 278. The molecule has 0 amide bonds. The van der Waals surface area contributed by atoms with Crippen molar-refractivity contribution in [1.29, 1.82) is 0 Å². The van der Waals surface area contributed by atoms with Crippen LogP contribution in [-0.2, 0) is 9.53 Å². The van der Waals surface area contributed by atoms with Crippen LogP contribution in [0.2, 0.25) is 6.82 Å². The average molecular weight is 249 g/mol. The Balaban J connectivity index is 0.000000163. The number of hydrogen-bond donors (Lipinski definition) is 0. The Hall–Kier alpha value is -0.725. The van der Waals surface area contributed by atoms with Crippen LogP contribution < -0.4 is 0 Å². The van der Waals surface area contributed by atoms with Crippen molar-refractivity contribution in [3.05, 3.63) is 5.76 Å². The molecule has 1 saturated carbocycles. The fraction of sp³-hybridized carbons (Fsp3) is 0.857. The lowest BCUT2D eigenvalue weighted by molar-refractivity contribution is 0.206. The van der Waals surface area contributed by atoms with Crippen molar-refractivity contribution in [2.24, 2.45) is 5.41 Å². The van der Waals surface area contributed by atoms with Crippen LogP contribution in [0, 0.1) is 5.41 Å². The van der Waals surface area contributed by atoms with Gasteiger partial charge in [0, 0.05) is 6.42 Å². The first kappa shape index (κ1) is 15.3. The summed E-state index contributed by atoms with van der Waals surface area (Å²) in [7, 11) is 6.73. The Kier molecular flexibility index (Phi) is 6.52. The minimum absolute atomic E-state index is 0.486. The third-order valence-corrected chi connectivity index (χ3v) is 3.94. The van der Waals surface area contributed by atoms with Crippen LogP contribution in [0.25, 0.3) is 0 Å². The smallest absolute Gasteiger partial charge is 0.179 e. The van der Waals surface area contributed by atoms with Crippen molar-refractivity contribution in [3.8, 4) is 0 Å². The number of hydrogen-bond acceptors (Lipinski definition) is 3. The largest absolute Gasteiger partial charge is 0.487 e. The molecule has 3 rings (SSSR count). The molecule has 0 unspecified atom stereocenters. The van der Waals surface area contributed by atoms with E-state index in [2.05, 4.69) is 19.8 Å². The topological polar surface area (TPSA) is 29.5 Å². The van der Waals surface area contributed by atoms with Crippen molar-refractivity contribution in [2.45, 2.75) is 45.3 Å². The quantitative estimate of drug-likeness (QED) is 0.487. The van der Waals surface area contributed by atoms with Crippen LogP contribution >= 0.6 is 0 Å². The first-order chi connectivity index (χ1) is 8.74. The number of allylic oxidation sites excluding steroid dienone is 1. The maximum absolute atomic E-state index is 9.72. The summed E-state index contributed by atoms with van der Waals surface area (Å²) >= 11 is 0. The van der Waals surface area contributed by atoms with Crippen molar-refractivity contribution >= 4 is 13.8 Å². The Morgan fingerprint density at radius 1 is 1.22 bits per heavy atom. The van der Waals surface area contributed by atoms with E-state index in [9.17, 15) is 4.79 Å². The molecule has 0 aromatic heterocycles. The van der Waals surface area contributed by atoms with E-state index >= 15 is 0 Å². The maximum atomic E-state index is 9.72. The summed E-state index contributed by atoms with van der Waals surface area (Å²) in [5, 5.41) is 0. The first-order valence-electron chi connectivity index (χ1n) is 6.87. The van der Waals surface area contributed by atoms with Gasteiger partial charge in [-0.3, -0.25) is 0 Å². The zero-order chi connectivity index (χ0) is 13.4. The molecule has 100 valence electrons. The van der Waals surface area contributed by atoms with E-state index in [0.29, 0.717) is 12.4 Å². The van der Waals surface area contributed by atoms with Gasteiger partial charge in [-0.15, -0.1) is 0 Å². The van der Waals surface area contributed by atoms with Crippen molar-refractivity contribution < 1.29 is 9.53 Å². The van der Waals surface area contributed by atoms with Gasteiger partial charge in [0.25, 0.3) is 0 Å². The monoisotopic (exact) mass is 249 g/mol. The molecule has 18 heavy (non-hydrogen) atoms. The molecule has 2 heterocycles. The SMILES string of the molecule is CN1CCC2(CC1)CC2.O=C=C1CCCO1.[B]C. The molecule has 2 aliphatic heterocycles. The number of nitrogens with zero attached hydrogens (tertiary/aromatic N) is 1. The van der Waals surface area contributed by atoms with Gasteiger partial charge in [-0.25, -0.2) is 4.79 Å². The molecule has 3 aliphatic rings. The van der Waals surface area contributed by atoms with Gasteiger partial charge in [-0.05, 0) is 57.7 Å². The molecular formula is C14H24BNO2. The summed E-state index contributed by atoms with van der Waals surface area (Å²) in [5.41, 5.74) is 0.868. The molecule has 0 N–H and O–H groups in total. The van der Waals surface area contributed by atoms with Crippen LogP contribution in [0.3, 0.4) is 0 Å². The van der Waals surface area contributed by atoms with E-state index in [0.717, 1.165) is 18.3 Å². The van der Waals surface area contributed by atoms with Gasteiger partial charge in [-0.2, -0.15) is 0 Å². The fourth-order valence-corrected chi connectivity index (χ4v) is 2.35. The highest BCUT2D eigenvalue weighted by Gasteiger charge is 2.43. The van der Waals surface area contributed by atoms with E-state index in [1.807, 2.05) is 0 Å². The zero-order valence-electron chi connectivity index (χ0n) is 11.7. The molecule has 2 radical (unpaired) electrons. The average Bonchev–Trinajstić information content (AvgIpc) is 2.97. The number of ether oxygens (including phenoxy) is 1. The summed E-state index contributed by atoms with van der Waals surface area (Å²) in [6.07, 6.45) is 7.77. The molecule has 3 nitrogen and oxygen atoms in total. The summed E-state index contributed by atoms with van der Waals surface area (Å²) < 4.78 is 4.80. The van der Waals surface area contributed by atoms with Gasteiger partial charge in [0.15, 0.2) is 11.7 Å². The summed E-state index contributed by atoms with van der Waals surface area (Å²) in [4.78, 5) is 12.2. The Morgan fingerprint density at radius 3 is 2.17 bits per heavy atom. The van der Waals surface area contributed by atoms with E-state index in [-0.39, 0.29) is 0 Å². The highest BCUT2D eigenvalue weighted by atomic mass is 16.5. The Labute approximate surface area is 112 Å². The van der Waals surface area contributed by atoms with Crippen LogP contribution in [0.5, 0.6) is 0 Å². The van der Waals surface area contributed by atoms with Crippen LogP contribution in [0.1, 0.15) is 38.5 Å². The number of rotatable bonds is 0. The van der Waals surface area contributed by atoms with E-state index in [1.165, 1.54) is 45.6 Å². The molecule has 1 aliphatic carbocycles.